The molecule has 3 atom stereocenters. The molecule has 2 N–H and O–H groups in total. The lowest BCUT2D eigenvalue weighted by molar-refractivity contribution is 0.0706. The fourth-order valence-corrected chi connectivity index (χ4v) is 1.40. The van der Waals surface area contributed by atoms with Gasteiger partial charge in [-0.3, -0.25) is 0 Å². The maximum Gasteiger partial charge on any atom is 0.0568 e. The van der Waals surface area contributed by atoms with Crippen molar-refractivity contribution in [1.82, 2.24) is 0 Å². The van der Waals surface area contributed by atoms with E-state index < -0.39 is 0 Å². The molecule has 0 amide bonds. The van der Waals surface area contributed by atoms with Crippen LogP contribution in [-0.4, -0.2) is 22.9 Å². The van der Waals surface area contributed by atoms with Crippen LogP contribution in [0.2, 0.25) is 0 Å². The van der Waals surface area contributed by atoms with Crippen LogP contribution in [0.4, 0.5) is 0 Å². The SMILES string of the molecule is CCCC(O)C(C)C(C)CCO. The zero-order chi connectivity index (χ0) is 9.56. The van der Waals surface area contributed by atoms with Crippen molar-refractivity contribution in [1.29, 1.82) is 0 Å². The van der Waals surface area contributed by atoms with Crippen molar-refractivity contribution in [2.24, 2.45) is 11.8 Å². The fourth-order valence-electron chi connectivity index (χ4n) is 1.40. The summed E-state index contributed by atoms with van der Waals surface area (Å²) < 4.78 is 0. The van der Waals surface area contributed by atoms with E-state index in [2.05, 4.69) is 20.8 Å². The molecule has 0 radical (unpaired) electrons. The van der Waals surface area contributed by atoms with Gasteiger partial charge in [0, 0.05) is 6.61 Å². The molecule has 0 aliphatic heterocycles. The molecule has 0 aliphatic carbocycles. The molecule has 74 valence electrons. The van der Waals surface area contributed by atoms with Gasteiger partial charge in [-0.2, -0.15) is 0 Å². The Morgan fingerprint density at radius 3 is 2.17 bits per heavy atom. The monoisotopic (exact) mass is 174 g/mol. The molecule has 2 nitrogen and oxygen atoms in total. The van der Waals surface area contributed by atoms with Crippen LogP contribution in [0.3, 0.4) is 0 Å². The Hall–Kier alpha value is -0.0800. The Labute approximate surface area is 75.6 Å². The molecule has 0 rings (SSSR count). The maximum atomic E-state index is 9.63. The molecule has 0 saturated carbocycles. The minimum Gasteiger partial charge on any atom is -0.396 e. The Kier molecular flexibility index (Phi) is 6.39. The summed E-state index contributed by atoms with van der Waals surface area (Å²) in [5.41, 5.74) is 0. The second-order valence-electron chi connectivity index (χ2n) is 3.70. The standard InChI is InChI=1S/C10H22O2/c1-4-5-10(12)9(3)8(2)6-7-11/h8-12H,4-7H2,1-3H3. The largest absolute Gasteiger partial charge is 0.396 e. The lowest BCUT2D eigenvalue weighted by atomic mass is 9.87. The van der Waals surface area contributed by atoms with Crippen LogP contribution in [-0.2, 0) is 0 Å². The van der Waals surface area contributed by atoms with Crippen LogP contribution in [0.25, 0.3) is 0 Å². The van der Waals surface area contributed by atoms with Gasteiger partial charge in [0.1, 0.15) is 0 Å². The topological polar surface area (TPSA) is 40.5 Å². The summed E-state index contributed by atoms with van der Waals surface area (Å²) in [5.74, 6) is 0.716. The van der Waals surface area contributed by atoms with Gasteiger partial charge < -0.3 is 10.2 Å². The lowest BCUT2D eigenvalue weighted by Crippen LogP contribution is -2.24. The molecule has 0 aliphatic rings. The highest BCUT2D eigenvalue weighted by atomic mass is 16.3. The summed E-state index contributed by atoms with van der Waals surface area (Å²) in [6, 6.07) is 0. The van der Waals surface area contributed by atoms with Gasteiger partial charge in [0.05, 0.1) is 6.10 Å². The van der Waals surface area contributed by atoms with Gasteiger partial charge in [0.15, 0.2) is 0 Å². The number of hydrogen-bond acceptors (Lipinski definition) is 2. The molecule has 0 fully saturated rings. The molecule has 0 saturated heterocycles. The Bertz CT molecular complexity index is 92.0. The van der Waals surface area contributed by atoms with Gasteiger partial charge in [-0.25, -0.2) is 0 Å². The molecule has 0 spiro atoms. The van der Waals surface area contributed by atoms with Gasteiger partial charge >= 0.3 is 0 Å². The third kappa shape index (κ3) is 4.07. The van der Waals surface area contributed by atoms with Crippen molar-refractivity contribution in [2.45, 2.75) is 46.1 Å². The average Bonchev–Trinajstić information content (AvgIpc) is 2.04. The average molecular weight is 174 g/mol. The third-order valence-corrected chi connectivity index (χ3v) is 2.67. The van der Waals surface area contributed by atoms with E-state index in [0.717, 1.165) is 19.3 Å². The summed E-state index contributed by atoms with van der Waals surface area (Å²) in [7, 11) is 0. The quantitative estimate of drug-likeness (QED) is 0.644. The summed E-state index contributed by atoms with van der Waals surface area (Å²) >= 11 is 0. The Morgan fingerprint density at radius 1 is 1.17 bits per heavy atom. The van der Waals surface area contributed by atoms with E-state index in [1.165, 1.54) is 0 Å². The molecule has 0 bridgehead atoms. The molecule has 0 aromatic rings. The zero-order valence-corrected chi connectivity index (χ0v) is 8.45. The van der Waals surface area contributed by atoms with E-state index in [1.54, 1.807) is 0 Å². The highest BCUT2D eigenvalue weighted by Crippen LogP contribution is 2.20. The summed E-state index contributed by atoms with van der Waals surface area (Å²) in [5, 5.41) is 18.3. The van der Waals surface area contributed by atoms with E-state index >= 15 is 0 Å². The number of hydrogen-bond donors (Lipinski definition) is 2. The lowest BCUT2D eigenvalue weighted by Gasteiger charge is -2.24. The second kappa shape index (κ2) is 6.44. The van der Waals surface area contributed by atoms with Crippen molar-refractivity contribution in [3.63, 3.8) is 0 Å². The van der Waals surface area contributed by atoms with Crippen LogP contribution >= 0.6 is 0 Å². The predicted molar refractivity (Wildman–Crippen MR) is 50.9 cm³/mol. The van der Waals surface area contributed by atoms with Crippen molar-refractivity contribution >= 4 is 0 Å². The Morgan fingerprint density at radius 2 is 1.75 bits per heavy atom. The van der Waals surface area contributed by atoms with E-state index in [9.17, 15) is 5.11 Å². The molecular weight excluding hydrogens is 152 g/mol. The van der Waals surface area contributed by atoms with Crippen molar-refractivity contribution < 1.29 is 10.2 Å². The van der Waals surface area contributed by atoms with Gasteiger partial charge in [-0.1, -0.05) is 27.2 Å². The van der Waals surface area contributed by atoms with Crippen LogP contribution in [0.1, 0.15) is 40.0 Å². The van der Waals surface area contributed by atoms with Crippen molar-refractivity contribution in [2.75, 3.05) is 6.61 Å². The normalized spacial score (nSPS) is 18.8. The summed E-state index contributed by atoms with van der Waals surface area (Å²) in [6.45, 7) is 6.44. The minimum absolute atomic E-state index is 0.198. The van der Waals surface area contributed by atoms with Crippen molar-refractivity contribution in [3.8, 4) is 0 Å². The highest BCUT2D eigenvalue weighted by Gasteiger charge is 2.19. The third-order valence-electron chi connectivity index (χ3n) is 2.67. The maximum absolute atomic E-state index is 9.63. The fraction of sp³-hybridized carbons (Fsp3) is 1.00. The highest BCUT2D eigenvalue weighted by molar-refractivity contribution is 4.69. The smallest absolute Gasteiger partial charge is 0.0568 e. The van der Waals surface area contributed by atoms with Gasteiger partial charge in [-0.15, -0.1) is 0 Å². The first-order valence-electron chi connectivity index (χ1n) is 4.92. The number of aliphatic hydroxyl groups excluding tert-OH is 2. The van der Waals surface area contributed by atoms with E-state index in [0.29, 0.717) is 11.8 Å². The first kappa shape index (κ1) is 11.9. The van der Waals surface area contributed by atoms with E-state index in [-0.39, 0.29) is 12.7 Å². The van der Waals surface area contributed by atoms with Crippen LogP contribution < -0.4 is 0 Å². The van der Waals surface area contributed by atoms with Crippen LogP contribution in [0, 0.1) is 11.8 Å². The van der Waals surface area contributed by atoms with Gasteiger partial charge in [0.25, 0.3) is 0 Å². The van der Waals surface area contributed by atoms with Crippen molar-refractivity contribution in [3.05, 3.63) is 0 Å². The summed E-state index contributed by atoms with van der Waals surface area (Å²) in [4.78, 5) is 0. The minimum atomic E-state index is -0.198. The molecule has 0 heterocycles. The molecule has 0 aromatic heterocycles. The number of aliphatic hydroxyl groups is 2. The van der Waals surface area contributed by atoms with E-state index in [1.807, 2.05) is 0 Å². The molecule has 12 heavy (non-hydrogen) atoms. The Balaban J connectivity index is 3.73. The first-order chi connectivity index (χ1) is 5.63. The van der Waals surface area contributed by atoms with E-state index in [4.69, 9.17) is 5.11 Å². The van der Waals surface area contributed by atoms with Crippen LogP contribution in [0.15, 0.2) is 0 Å². The zero-order valence-electron chi connectivity index (χ0n) is 8.45. The summed E-state index contributed by atoms with van der Waals surface area (Å²) in [6.07, 6.45) is 2.49. The predicted octanol–water partition coefficient (Wildman–Crippen LogP) is 1.80. The first-order valence-corrected chi connectivity index (χ1v) is 4.92. The second-order valence-corrected chi connectivity index (χ2v) is 3.70. The molecule has 0 aromatic carbocycles. The van der Waals surface area contributed by atoms with Gasteiger partial charge in [0.2, 0.25) is 0 Å². The molecule has 2 heteroatoms. The molecule has 3 unspecified atom stereocenters. The number of rotatable bonds is 6. The van der Waals surface area contributed by atoms with Gasteiger partial charge in [-0.05, 0) is 24.7 Å². The van der Waals surface area contributed by atoms with Crippen LogP contribution in [0.5, 0.6) is 0 Å². The molecular formula is C10H22O2.